The molecule has 0 spiro atoms. The molecule has 0 bridgehead atoms. The van der Waals surface area contributed by atoms with Crippen LogP contribution >= 0.6 is 0 Å². The summed E-state index contributed by atoms with van der Waals surface area (Å²) < 4.78 is 5.38. The highest BCUT2D eigenvalue weighted by Crippen LogP contribution is 2.16. The summed E-state index contributed by atoms with van der Waals surface area (Å²) in [7, 11) is 0. The van der Waals surface area contributed by atoms with Crippen LogP contribution in [0.5, 0.6) is 0 Å². The van der Waals surface area contributed by atoms with E-state index in [-0.39, 0.29) is 5.97 Å². The number of unbranched alkanes of at least 4 members (excludes halogenated alkanes) is 1. The van der Waals surface area contributed by atoms with E-state index in [0.717, 1.165) is 18.4 Å². The van der Waals surface area contributed by atoms with Crippen molar-refractivity contribution in [1.29, 1.82) is 0 Å². The van der Waals surface area contributed by atoms with Crippen LogP contribution in [0.3, 0.4) is 0 Å². The van der Waals surface area contributed by atoms with Gasteiger partial charge in [-0.25, -0.2) is 4.79 Å². The Morgan fingerprint density at radius 3 is 2.68 bits per heavy atom. The van der Waals surface area contributed by atoms with Gasteiger partial charge in [0.2, 0.25) is 0 Å². The van der Waals surface area contributed by atoms with Crippen LogP contribution < -0.4 is 5.73 Å². The van der Waals surface area contributed by atoms with E-state index in [0.29, 0.717) is 23.8 Å². The number of carbonyl (C=O) groups is 1. The molecular weight excluding hydrogens is 238 g/mol. The van der Waals surface area contributed by atoms with Crippen LogP contribution in [0, 0.1) is 12.8 Å². The van der Waals surface area contributed by atoms with E-state index < -0.39 is 0 Å². The van der Waals surface area contributed by atoms with Crippen molar-refractivity contribution in [2.45, 2.75) is 46.5 Å². The molecule has 0 heterocycles. The lowest BCUT2D eigenvalue weighted by atomic mass is 10.0. The zero-order valence-corrected chi connectivity index (χ0v) is 12.2. The summed E-state index contributed by atoms with van der Waals surface area (Å²) >= 11 is 0. The molecule has 1 rings (SSSR count). The Balaban J connectivity index is 2.52. The molecule has 1 atom stereocenters. The fourth-order valence-corrected chi connectivity index (χ4v) is 1.94. The van der Waals surface area contributed by atoms with Crippen molar-refractivity contribution in [2.75, 3.05) is 12.3 Å². The fourth-order valence-electron chi connectivity index (χ4n) is 1.94. The molecule has 1 aromatic carbocycles. The van der Waals surface area contributed by atoms with Crippen LogP contribution in [0.15, 0.2) is 18.2 Å². The van der Waals surface area contributed by atoms with Gasteiger partial charge in [0.15, 0.2) is 0 Å². The van der Waals surface area contributed by atoms with Gasteiger partial charge in [0.1, 0.15) is 0 Å². The average molecular weight is 263 g/mol. The third-order valence-electron chi connectivity index (χ3n) is 3.51. The van der Waals surface area contributed by atoms with E-state index in [1.54, 1.807) is 12.1 Å². The second-order valence-electron chi connectivity index (χ2n) is 5.09. The monoisotopic (exact) mass is 263 g/mol. The molecule has 0 saturated carbocycles. The van der Waals surface area contributed by atoms with Gasteiger partial charge in [-0.1, -0.05) is 39.2 Å². The third-order valence-corrected chi connectivity index (χ3v) is 3.51. The lowest BCUT2D eigenvalue weighted by molar-refractivity contribution is 0.0428. The minimum Gasteiger partial charge on any atom is -0.462 e. The van der Waals surface area contributed by atoms with Crippen molar-refractivity contribution in [3.8, 4) is 0 Å². The minimum atomic E-state index is -0.276. The molecule has 0 aliphatic heterocycles. The van der Waals surface area contributed by atoms with E-state index in [9.17, 15) is 4.79 Å². The van der Waals surface area contributed by atoms with Gasteiger partial charge in [-0.3, -0.25) is 0 Å². The summed E-state index contributed by atoms with van der Waals surface area (Å²) in [5.41, 5.74) is 7.94. The number of carbonyl (C=O) groups excluding carboxylic acids is 1. The predicted molar refractivity (Wildman–Crippen MR) is 79.2 cm³/mol. The molecular formula is C16H25NO2. The second kappa shape index (κ2) is 7.82. The van der Waals surface area contributed by atoms with Gasteiger partial charge < -0.3 is 10.5 Å². The average Bonchev–Trinajstić information content (AvgIpc) is 2.41. The lowest BCUT2D eigenvalue weighted by Crippen LogP contribution is -2.14. The van der Waals surface area contributed by atoms with Crippen LogP contribution in [0.1, 0.15) is 55.5 Å². The number of esters is 1. The topological polar surface area (TPSA) is 52.3 Å². The van der Waals surface area contributed by atoms with Gasteiger partial charge in [0, 0.05) is 5.69 Å². The van der Waals surface area contributed by atoms with E-state index in [1.807, 2.05) is 13.0 Å². The number of anilines is 1. The molecule has 3 nitrogen and oxygen atoms in total. The van der Waals surface area contributed by atoms with Gasteiger partial charge in [-0.05, 0) is 37.0 Å². The minimum absolute atomic E-state index is 0.276. The van der Waals surface area contributed by atoms with Crippen LogP contribution in [-0.4, -0.2) is 12.6 Å². The summed E-state index contributed by atoms with van der Waals surface area (Å²) in [6.07, 6.45) is 4.53. The first kappa shape index (κ1) is 15.5. The van der Waals surface area contributed by atoms with Crippen molar-refractivity contribution in [2.24, 2.45) is 5.92 Å². The normalized spacial score (nSPS) is 12.2. The summed E-state index contributed by atoms with van der Waals surface area (Å²) in [5.74, 6) is 0.188. The van der Waals surface area contributed by atoms with Crippen molar-refractivity contribution >= 4 is 11.7 Å². The molecule has 0 aliphatic carbocycles. The number of aryl methyl sites for hydroxylation is 1. The highest BCUT2D eigenvalue weighted by molar-refractivity contribution is 5.90. The van der Waals surface area contributed by atoms with E-state index in [4.69, 9.17) is 10.5 Å². The lowest BCUT2D eigenvalue weighted by Gasteiger charge is -2.14. The maximum atomic E-state index is 11.9. The predicted octanol–water partition coefficient (Wildman–Crippen LogP) is 3.95. The number of nitrogens with two attached hydrogens (primary N) is 1. The Morgan fingerprint density at radius 1 is 1.37 bits per heavy atom. The van der Waals surface area contributed by atoms with Crippen molar-refractivity contribution < 1.29 is 9.53 Å². The molecule has 0 aliphatic rings. The molecule has 0 saturated heterocycles. The van der Waals surface area contributed by atoms with Gasteiger partial charge in [-0.2, -0.15) is 0 Å². The first-order valence-corrected chi connectivity index (χ1v) is 7.11. The van der Waals surface area contributed by atoms with E-state index in [1.165, 1.54) is 12.8 Å². The Morgan fingerprint density at radius 2 is 2.11 bits per heavy atom. The zero-order chi connectivity index (χ0) is 14.3. The highest BCUT2D eigenvalue weighted by Gasteiger charge is 2.12. The van der Waals surface area contributed by atoms with Crippen molar-refractivity contribution in [3.63, 3.8) is 0 Å². The second-order valence-corrected chi connectivity index (χ2v) is 5.09. The Kier molecular flexibility index (Phi) is 6.40. The number of nitrogen functional groups attached to an aromatic ring is 1. The molecule has 1 unspecified atom stereocenters. The number of hydrogen-bond acceptors (Lipinski definition) is 3. The molecule has 0 amide bonds. The quantitative estimate of drug-likeness (QED) is 0.598. The number of ether oxygens (including phenoxy) is 1. The van der Waals surface area contributed by atoms with Crippen LogP contribution in [0.4, 0.5) is 5.69 Å². The highest BCUT2D eigenvalue weighted by atomic mass is 16.5. The summed E-state index contributed by atoms with van der Waals surface area (Å²) in [4.78, 5) is 11.9. The van der Waals surface area contributed by atoms with Crippen LogP contribution in [0.25, 0.3) is 0 Å². The molecule has 0 aromatic heterocycles. The fraction of sp³-hybridized carbons (Fsp3) is 0.562. The largest absolute Gasteiger partial charge is 0.462 e. The maximum absolute atomic E-state index is 11.9. The maximum Gasteiger partial charge on any atom is 0.338 e. The summed E-state index contributed by atoms with van der Waals surface area (Å²) in [6.45, 7) is 6.73. The van der Waals surface area contributed by atoms with E-state index in [2.05, 4.69) is 13.8 Å². The smallest absolute Gasteiger partial charge is 0.338 e. The Bertz CT molecular complexity index is 415. The van der Waals surface area contributed by atoms with Gasteiger partial charge in [0.25, 0.3) is 0 Å². The number of benzene rings is 1. The molecule has 0 radical (unpaired) electrons. The van der Waals surface area contributed by atoms with Crippen LogP contribution in [0.2, 0.25) is 0 Å². The van der Waals surface area contributed by atoms with E-state index >= 15 is 0 Å². The standard InChI is InChI=1S/C16H25NO2/c1-4-6-7-13(5-2)11-19-16(18)14-9-8-12(3)15(17)10-14/h8-10,13H,4-7,11,17H2,1-3H3. The van der Waals surface area contributed by atoms with Gasteiger partial charge in [0.05, 0.1) is 12.2 Å². The molecule has 106 valence electrons. The molecule has 2 N–H and O–H groups in total. The van der Waals surface area contributed by atoms with Crippen molar-refractivity contribution in [1.82, 2.24) is 0 Å². The third kappa shape index (κ3) is 4.93. The number of rotatable bonds is 7. The summed E-state index contributed by atoms with van der Waals surface area (Å²) in [6, 6.07) is 5.30. The summed E-state index contributed by atoms with van der Waals surface area (Å²) in [5, 5.41) is 0. The first-order valence-electron chi connectivity index (χ1n) is 7.11. The molecule has 1 aromatic rings. The zero-order valence-electron chi connectivity index (χ0n) is 12.2. The first-order chi connectivity index (χ1) is 9.08. The van der Waals surface area contributed by atoms with Crippen molar-refractivity contribution in [3.05, 3.63) is 29.3 Å². The molecule has 3 heteroatoms. The Hall–Kier alpha value is -1.51. The van der Waals surface area contributed by atoms with Gasteiger partial charge in [-0.15, -0.1) is 0 Å². The van der Waals surface area contributed by atoms with Crippen LogP contribution in [-0.2, 0) is 4.74 Å². The Labute approximate surface area is 116 Å². The molecule has 19 heavy (non-hydrogen) atoms. The molecule has 0 fully saturated rings. The number of hydrogen-bond donors (Lipinski definition) is 1. The van der Waals surface area contributed by atoms with Gasteiger partial charge >= 0.3 is 5.97 Å². The SMILES string of the molecule is CCCCC(CC)COC(=O)c1ccc(C)c(N)c1.